The number of hydrogen-bond donors (Lipinski definition) is 1. The summed E-state index contributed by atoms with van der Waals surface area (Å²) in [6.07, 6.45) is 0.987. The van der Waals surface area contributed by atoms with E-state index in [2.05, 4.69) is 5.32 Å². The molecule has 0 saturated carbocycles. The lowest BCUT2D eigenvalue weighted by Gasteiger charge is -2.28. The highest BCUT2D eigenvalue weighted by Crippen LogP contribution is 2.34. The first-order chi connectivity index (χ1) is 9.61. The molecule has 2 heterocycles. The molecule has 3 rings (SSSR count). The minimum Gasteiger partial charge on any atom is -0.497 e. The number of benzene rings is 1. The lowest BCUT2D eigenvalue weighted by atomic mass is 10.0. The molecule has 20 heavy (non-hydrogen) atoms. The highest BCUT2D eigenvalue weighted by molar-refractivity contribution is 5.95. The van der Waals surface area contributed by atoms with Gasteiger partial charge in [-0.2, -0.15) is 0 Å². The van der Waals surface area contributed by atoms with Gasteiger partial charge in [-0.1, -0.05) is 0 Å². The Labute approximate surface area is 117 Å². The fourth-order valence-corrected chi connectivity index (χ4v) is 3.45. The normalized spacial score (nSPS) is 28.6. The first kappa shape index (κ1) is 13.4. The highest BCUT2D eigenvalue weighted by atomic mass is 19.1. The number of methoxy groups -OCH3 is 1. The van der Waals surface area contributed by atoms with Gasteiger partial charge < -0.3 is 15.0 Å². The number of carbonyl (C=O) groups is 1. The Hall–Kier alpha value is -1.62. The fraction of sp³-hybridized carbons (Fsp3) is 0.533. The Morgan fingerprint density at radius 2 is 2.25 bits per heavy atom. The molecule has 108 valence electrons. The van der Waals surface area contributed by atoms with Gasteiger partial charge in [0.05, 0.1) is 12.7 Å². The molecule has 3 atom stereocenters. The van der Waals surface area contributed by atoms with E-state index in [0.29, 0.717) is 11.7 Å². The molecule has 4 nitrogen and oxygen atoms in total. The molecule has 0 spiro atoms. The number of nitrogens with one attached hydrogen (secondary N) is 1. The second kappa shape index (κ2) is 5.05. The summed E-state index contributed by atoms with van der Waals surface area (Å²) in [6, 6.07) is 4.76. The molecule has 1 aromatic rings. The molecule has 2 aliphatic heterocycles. The molecule has 5 heteroatoms. The lowest BCUT2D eigenvalue weighted by molar-refractivity contribution is 0.0677. The summed E-state index contributed by atoms with van der Waals surface area (Å²) >= 11 is 0. The molecule has 1 N–H and O–H groups in total. The lowest BCUT2D eigenvalue weighted by Crippen LogP contribution is -2.43. The maximum absolute atomic E-state index is 14.1. The summed E-state index contributed by atoms with van der Waals surface area (Å²) in [5.41, 5.74) is 0.130. The largest absolute Gasteiger partial charge is 0.497 e. The van der Waals surface area contributed by atoms with Crippen molar-refractivity contribution in [2.75, 3.05) is 20.2 Å². The van der Waals surface area contributed by atoms with E-state index in [1.807, 2.05) is 11.8 Å². The van der Waals surface area contributed by atoms with Crippen LogP contribution < -0.4 is 10.1 Å². The van der Waals surface area contributed by atoms with Gasteiger partial charge in [0, 0.05) is 31.2 Å². The zero-order valence-electron chi connectivity index (χ0n) is 11.7. The van der Waals surface area contributed by atoms with Gasteiger partial charge in [0.2, 0.25) is 0 Å². The summed E-state index contributed by atoms with van der Waals surface area (Å²) < 4.78 is 19.0. The van der Waals surface area contributed by atoms with Crippen molar-refractivity contribution in [1.29, 1.82) is 0 Å². The van der Waals surface area contributed by atoms with Gasteiger partial charge in [-0.05, 0) is 31.4 Å². The first-order valence-corrected chi connectivity index (χ1v) is 6.98. The van der Waals surface area contributed by atoms with Crippen molar-refractivity contribution in [2.24, 2.45) is 5.92 Å². The van der Waals surface area contributed by atoms with Crippen LogP contribution in [0.2, 0.25) is 0 Å². The number of likely N-dealkylation sites (tertiary alicyclic amines) is 1. The number of nitrogens with zero attached hydrogens (tertiary/aromatic N) is 1. The second-order valence-corrected chi connectivity index (χ2v) is 5.63. The van der Waals surface area contributed by atoms with Crippen LogP contribution in [0.1, 0.15) is 23.7 Å². The maximum Gasteiger partial charge on any atom is 0.257 e. The van der Waals surface area contributed by atoms with Crippen LogP contribution >= 0.6 is 0 Å². The van der Waals surface area contributed by atoms with Gasteiger partial charge in [-0.15, -0.1) is 0 Å². The minimum absolute atomic E-state index is 0.130. The first-order valence-electron chi connectivity index (χ1n) is 6.98. The van der Waals surface area contributed by atoms with Gasteiger partial charge in [-0.25, -0.2) is 4.39 Å². The molecule has 3 unspecified atom stereocenters. The van der Waals surface area contributed by atoms with E-state index in [4.69, 9.17) is 4.74 Å². The van der Waals surface area contributed by atoms with E-state index < -0.39 is 5.82 Å². The Balaban J connectivity index is 1.88. The third kappa shape index (κ3) is 2.06. The van der Waals surface area contributed by atoms with Crippen molar-refractivity contribution in [3.63, 3.8) is 0 Å². The number of halogens is 1. The molecular formula is C15H19FN2O2. The summed E-state index contributed by atoms with van der Waals surface area (Å²) in [6.45, 7) is 3.79. The van der Waals surface area contributed by atoms with Gasteiger partial charge in [-0.3, -0.25) is 4.79 Å². The molecule has 0 radical (unpaired) electrons. The highest BCUT2D eigenvalue weighted by Gasteiger charge is 2.44. The molecule has 2 saturated heterocycles. The maximum atomic E-state index is 14.1. The van der Waals surface area contributed by atoms with Crippen molar-refractivity contribution >= 4 is 5.91 Å². The molecule has 0 aliphatic carbocycles. The zero-order valence-corrected chi connectivity index (χ0v) is 11.7. The predicted octanol–water partition coefficient (Wildman–Crippen LogP) is 1.66. The van der Waals surface area contributed by atoms with Crippen molar-refractivity contribution < 1.29 is 13.9 Å². The van der Waals surface area contributed by atoms with Gasteiger partial charge in [0.1, 0.15) is 11.6 Å². The van der Waals surface area contributed by atoms with E-state index in [1.54, 1.807) is 6.07 Å². The molecule has 2 fully saturated rings. The van der Waals surface area contributed by atoms with Gasteiger partial charge in [0.15, 0.2) is 0 Å². The zero-order chi connectivity index (χ0) is 14.3. The Bertz CT molecular complexity index is 535. The number of carbonyl (C=O) groups excluding carboxylic acids is 1. The van der Waals surface area contributed by atoms with E-state index in [9.17, 15) is 9.18 Å². The smallest absolute Gasteiger partial charge is 0.257 e. The molecule has 0 bridgehead atoms. The number of fused-ring (bicyclic) bond motifs is 1. The van der Waals surface area contributed by atoms with E-state index >= 15 is 0 Å². The van der Waals surface area contributed by atoms with Crippen molar-refractivity contribution in [2.45, 2.75) is 25.4 Å². The number of amides is 1. The van der Waals surface area contributed by atoms with Crippen LogP contribution in [-0.2, 0) is 0 Å². The number of hydrogen-bond acceptors (Lipinski definition) is 3. The SMILES string of the molecule is COc1ccc(C(=O)N2C(C)CC3CNCC32)c(F)c1. The Morgan fingerprint density at radius 3 is 2.95 bits per heavy atom. The second-order valence-electron chi connectivity index (χ2n) is 5.63. The molecular weight excluding hydrogens is 259 g/mol. The minimum atomic E-state index is -0.518. The van der Waals surface area contributed by atoms with Crippen LogP contribution in [0.4, 0.5) is 4.39 Å². The molecule has 2 aliphatic rings. The average molecular weight is 278 g/mol. The third-order valence-electron chi connectivity index (χ3n) is 4.42. The standard InChI is InChI=1S/C15H19FN2O2/c1-9-5-10-7-17-8-14(10)18(9)15(19)12-4-3-11(20-2)6-13(12)16/h3-4,6,9-10,14,17H,5,7-8H2,1-2H3. The monoisotopic (exact) mass is 278 g/mol. The number of ether oxygens (including phenoxy) is 1. The van der Waals surface area contributed by atoms with Gasteiger partial charge >= 0.3 is 0 Å². The van der Waals surface area contributed by atoms with Crippen LogP contribution in [0.3, 0.4) is 0 Å². The van der Waals surface area contributed by atoms with Crippen LogP contribution in [0, 0.1) is 11.7 Å². The predicted molar refractivity (Wildman–Crippen MR) is 73.3 cm³/mol. The summed E-state index contributed by atoms with van der Waals surface area (Å²) in [7, 11) is 1.48. The molecule has 0 aromatic heterocycles. The third-order valence-corrected chi connectivity index (χ3v) is 4.42. The Kier molecular flexibility index (Phi) is 3.38. The summed E-state index contributed by atoms with van der Waals surface area (Å²) in [5, 5.41) is 3.31. The average Bonchev–Trinajstić information content (AvgIpc) is 2.97. The number of rotatable bonds is 2. The van der Waals surface area contributed by atoms with Crippen LogP contribution in [0.25, 0.3) is 0 Å². The quantitative estimate of drug-likeness (QED) is 0.894. The summed E-state index contributed by atoms with van der Waals surface area (Å²) in [5.74, 6) is 0.189. The van der Waals surface area contributed by atoms with Crippen molar-refractivity contribution in [3.8, 4) is 5.75 Å². The Morgan fingerprint density at radius 1 is 1.45 bits per heavy atom. The van der Waals surface area contributed by atoms with Gasteiger partial charge in [0.25, 0.3) is 5.91 Å². The fourth-order valence-electron chi connectivity index (χ4n) is 3.45. The van der Waals surface area contributed by atoms with Crippen LogP contribution in [-0.4, -0.2) is 43.1 Å². The molecule has 1 aromatic carbocycles. The molecule has 1 amide bonds. The van der Waals surface area contributed by atoms with Crippen molar-refractivity contribution in [3.05, 3.63) is 29.6 Å². The van der Waals surface area contributed by atoms with E-state index in [0.717, 1.165) is 19.5 Å². The topological polar surface area (TPSA) is 41.6 Å². The van der Waals surface area contributed by atoms with Crippen LogP contribution in [0.15, 0.2) is 18.2 Å². The summed E-state index contributed by atoms with van der Waals surface area (Å²) in [4.78, 5) is 14.5. The van der Waals surface area contributed by atoms with Crippen molar-refractivity contribution in [1.82, 2.24) is 10.2 Å². The van der Waals surface area contributed by atoms with Crippen LogP contribution in [0.5, 0.6) is 5.75 Å². The van der Waals surface area contributed by atoms with E-state index in [1.165, 1.54) is 19.2 Å². The van der Waals surface area contributed by atoms with E-state index in [-0.39, 0.29) is 23.6 Å².